The Morgan fingerprint density at radius 3 is 2.65 bits per heavy atom. The van der Waals surface area contributed by atoms with Crippen molar-refractivity contribution >= 4 is 44.8 Å². The molecule has 1 N–H and O–H groups in total. The lowest BCUT2D eigenvalue weighted by Gasteiger charge is -2.29. The van der Waals surface area contributed by atoms with Crippen molar-refractivity contribution in [3.05, 3.63) is 16.5 Å². The van der Waals surface area contributed by atoms with E-state index in [1.165, 1.54) is 25.6 Å². The maximum atomic E-state index is 12.3. The Hall–Kier alpha value is -1.16. The number of amides is 1. The number of halogens is 1. The van der Waals surface area contributed by atoms with Crippen molar-refractivity contribution in [2.45, 2.75) is 42.9 Å². The molecule has 0 saturated heterocycles. The van der Waals surface area contributed by atoms with E-state index in [0.717, 1.165) is 34.9 Å². The summed E-state index contributed by atoms with van der Waals surface area (Å²) in [5, 5.41) is 2.88. The van der Waals surface area contributed by atoms with Gasteiger partial charge in [-0.2, -0.15) is 4.31 Å². The molecule has 1 fully saturated rings. The molecule has 2 atom stereocenters. The lowest BCUT2D eigenvalue weighted by atomic mass is 9.86. The van der Waals surface area contributed by atoms with Gasteiger partial charge in [0.15, 0.2) is 6.61 Å². The summed E-state index contributed by atoms with van der Waals surface area (Å²) < 4.78 is 30.8. The number of hydrogen-bond acceptors (Lipinski definition) is 6. The smallest absolute Gasteiger partial charge is 0.321 e. The molecule has 1 aliphatic carbocycles. The maximum absolute atomic E-state index is 12.3. The van der Waals surface area contributed by atoms with Gasteiger partial charge in [-0.3, -0.25) is 9.59 Å². The minimum Gasteiger partial charge on any atom is -0.455 e. The average molecular weight is 423 g/mol. The molecule has 1 amide bonds. The summed E-state index contributed by atoms with van der Waals surface area (Å²) in [7, 11) is -2.54. The summed E-state index contributed by atoms with van der Waals surface area (Å²) >= 11 is 6.66. The standard InChI is InChI=1S/C16H23ClN2O5S2/c1-11-5-3-4-6-12(11)18-14(20)10-24-15(21)9-19(2)26(22,23)16-8-7-13(17)25-16/h7-8,11-12H,3-6,9-10H2,1-2H3,(H,18,20)/t11-,12-/m0/s1. The van der Waals surface area contributed by atoms with Crippen LogP contribution in [0.4, 0.5) is 0 Å². The Morgan fingerprint density at radius 2 is 2.04 bits per heavy atom. The van der Waals surface area contributed by atoms with Crippen molar-refractivity contribution in [3.8, 4) is 0 Å². The fraction of sp³-hybridized carbons (Fsp3) is 0.625. The number of rotatable bonds is 7. The Labute approximate surface area is 162 Å². The van der Waals surface area contributed by atoms with Crippen LogP contribution in [0.5, 0.6) is 0 Å². The quantitative estimate of drug-likeness (QED) is 0.680. The van der Waals surface area contributed by atoms with Crippen LogP contribution >= 0.6 is 22.9 Å². The Bertz CT molecular complexity index is 750. The number of esters is 1. The molecule has 0 radical (unpaired) electrons. The molecule has 0 aliphatic heterocycles. The molecule has 0 bridgehead atoms. The van der Waals surface area contributed by atoms with Crippen LogP contribution in [0.25, 0.3) is 0 Å². The van der Waals surface area contributed by atoms with Crippen molar-refractivity contribution in [2.24, 2.45) is 5.92 Å². The minimum atomic E-state index is -3.82. The topological polar surface area (TPSA) is 92.8 Å². The second-order valence-corrected chi connectivity index (χ2v) is 10.4. The number of nitrogens with one attached hydrogen (secondary N) is 1. The fourth-order valence-electron chi connectivity index (χ4n) is 2.83. The number of hydrogen-bond donors (Lipinski definition) is 1. The molecule has 7 nitrogen and oxygen atoms in total. The van der Waals surface area contributed by atoms with Crippen LogP contribution in [-0.2, 0) is 24.3 Å². The molecular formula is C16H23ClN2O5S2. The molecule has 0 aromatic carbocycles. The zero-order valence-electron chi connectivity index (χ0n) is 14.7. The molecule has 10 heteroatoms. The molecule has 1 aromatic heterocycles. The van der Waals surface area contributed by atoms with Crippen molar-refractivity contribution in [1.29, 1.82) is 0 Å². The predicted molar refractivity (Wildman–Crippen MR) is 99.7 cm³/mol. The molecule has 1 aromatic rings. The molecule has 146 valence electrons. The van der Waals surface area contributed by atoms with Crippen LogP contribution in [0.1, 0.15) is 32.6 Å². The molecule has 26 heavy (non-hydrogen) atoms. The van der Waals surface area contributed by atoms with Crippen LogP contribution in [-0.4, -0.2) is 50.8 Å². The third-order valence-corrected chi connectivity index (χ3v) is 7.89. The van der Waals surface area contributed by atoms with Gasteiger partial charge in [-0.05, 0) is 30.9 Å². The Morgan fingerprint density at radius 1 is 1.35 bits per heavy atom. The van der Waals surface area contributed by atoms with Gasteiger partial charge in [0.2, 0.25) is 0 Å². The Kier molecular flexibility index (Phi) is 7.45. The van der Waals surface area contributed by atoms with Gasteiger partial charge in [-0.25, -0.2) is 8.42 Å². The van der Waals surface area contributed by atoms with E-state index >= 15 is 0 Å². The van der Waals surface area contributed by atoms with Crippen LogP contribution in [0.2, 0.25) is 4.34 Å². The molecule has 1 saturated carbocycles. The lowest BCUT2D eigenvalue weighted by Crippen LogP contribution is -2.43. The molecule has 2 rings (SSSR count). The van der Waals surface area contributed by atoms with Gasteiger partial charge in [0.1, 0.15) is 10.8 Å². The largest absolute Gasteiger partial charge is 0.455 e. The third-order valence-electron chi connectivity index (χ3n) is 4.39. The molecule has 1 aliphatic rings. The summed E-state index contributed by atoms with van der Waals surface area (Å²) in [5.74, 6) is -0.754. The van der Waals surface area contributed by atoms with Crippen molar-refractivity contribution < 1.29 is 22.7 Å². The SMILES string of the molecule is C[C@H]1CCCC[C@@H]1NC(=O)COC(=O)CN(C)S(=O)(=O)c1ccc(Cl)s1. The maximum Gasteiger partial charge on any atom is 0.321 e. The van der Waals surface area contributed by atoms with Gasteiger partial charge in [0, 0.05) is 13.1 Å². The lowest BCUT2D eigenvalue weighted by molar-refractivity contribution is -0.148. The minimum absolute atomic E-state index is 0.0434. The van der Waals surface area contributed by atoms with Crippen LogP contribution in [0.15, 0.2) is 16.3 Å². The van der Waals surface area contributed by atoms with E-state index in [0.29, 0.717) is 10.3 Å². The first-order valence-electron chi connectivity index (χ1n) is 8.37. The summed E-state index contributed by atoms with van der Waals surface area (Å²) in [5.41, 5.74) is 0. The number of sulfonamides is 1. The van der Waals surface area contributed by atoms with E-state index in [1.54, 1.807) is 0 Å². The van der Waals surface area contributed by atoms with E-state index in [2.05, 4.69) is 12.2 Å². The Balaban J connectivity index is 1.79. The first-order chi connectivity index (χ1) is 12.2. The first-order valence-corrected chi connectivity index (χ1v) is 11.0. The molecule has 0 spiro atoms. The number of likely N-dealkylation sites (N-methyl/N-ethyl adjacent to an activating group) is 1. The van der Waals surface area contributed by atoms with Gasteiger partial charge in [-0.1, -0.05) is 31.4 Å². The highest BCUT2D eigenvalue weighted by Crippen LogP contribution is 2.27. The van der Waals surface area contributed by atoms with E-state index in [-0.39, 0.29) is 16.2 Å². The van der Waals surface area contributed by atoms with E-state index in [1.807, 2.05) is 0 Å². The van der Waals surface area contributed by atoms with Gasteiger partial charge < -0.3 is 10.1 Å². The van der Waals surface area contributed by atoms with Gasteiger partial charge >= 0.3 is 5.97 Å². The monoisotopic (exact) mass is 422 g/mol. The fourth-order valence-corrected chi connectivity index (χ4v) is 5.64. The van der Waals surface area contributed by atoms with E-state index in [9.17, 15) is 18.0 Å². The van der Waals surface area contributed by atoms with Crippen LogP contribution in [0.3, 0.4) is 0 Å². The number of nitrogens with zero attached hydrogens (tertiary/aromatic N) is 1. The van der Waals surface area contributed by atoms with Crippen molar-refractivity contribution in [2.75, 3.05) is 20.2 Å². The number of carbonyl (C=O) groups excluding carboxylic acids is 2. The van der Waals surface area contributed by atoms with Crippen LogP contribution in [0, 0.1) is 5.92 Å². The summed E-state index contributed by atoms with van der Waals surface area (Å²) in [6.45, 7) is 1.19. The zero-order chi connectivity index (χ0) is 19.3. The van der Waals surface area contributed by atoms with Crippen molar-refractivity contribution in [3.63, 3.8) is 0 Å². The van der Waals surface area contributed by atoms with E-state index < -0.39 is 29.1 Å². The number of ether oxygens (including phenoxy) is 1. The zero-order valence-corrected chi connectivity index (χ0v) is 17.1. The highest BCUT2D eigenvalue weighted by Gasteiger charge is 2.26. The van der Waals surface area contributed by atoms with Gasteiger partial charge in [0.05, 0.1) is 4.34 Å². The van der Waals surface area contributed by atoms with E-state index in [4.69, 9.17) is 16.3 Å². The average Bonchev–Trinajstić information content (AvgIpc) is 3.02. The third kappa shape index (κ3) is 5.67. The summed E-state index contributed by atoms with van der Waals surface area (Å²) in [4.78, 5) is 23.8. The molecule has 0 unspecified atom stereocenters. The normalized spacial score (nSPS) is 20.8. The van der Waals surface area contributed by atoms with Crippen LogP contribution < -0.4 is 5.32 Å². The second-order valence-electron chi connectivity index (χ2n) is 6.42. The van der Waals surface area contributed by atoms with Gasteiger partial charge in [0.25, 0.3) is 15.9 Å². The highest BCUT2D eigenvalue weighted by molar-refractivity contribution is 7.91. The molecule has 1 heterocycles. The molecular weight excluding hydrogens is 400 g/mol. The first kappa shape index (κ1) is 21.1. The number of carbonyl (C=O) groups is 2. The summed E-state index contributed by atoms with van der Waals surface area (Å²) in [6, 6.07) is 2.95. The van der Waals surface area contributed by atoms with Gasteiger partial charge in [-0.15, -0.1) is 11.3 Å². The van der Waals surface area contributed by atoms with Crippen molar-refractivity contribution in [1.82, 2.24) is 9.62 Å². The predicted octanol–water partition coefficient (Wildman–Crippen LogP) is 2.26. The second kappa shape index (κ2) is 9.16. The summed E-state index contributed by atoms with van der Waals surface area (Å²) in [6.07, 6.45) is 4.23. The highest BCUT2D eigenvalue weighted by atomic mass is 35.5. The number of thiophene rings is 1.